The lowest BCUT2D eigenvalue weighted by molar-refractivity contribution is -0.177. The van der Waals surface area contributed by atoms with Gasteiger partial charge in [0, 0.05) is 0 Å². The molecule has 0 amide bonds. The van der Waals surface area contributed by atoms with E-state index in [2.05, 4.69) is 15.9 Å². The minimum Gasteiger partial charge on any atom is -0.449 e. The normalized spacial score (nSPS) is 32.4. The van der Waals surface area contributed by atoms with Crippen molar-refractivity contribution in [3.8, 4) is 0 Å². The Balaban J connectivity index is 2.18. The molecule has 0 spiro atoms. The van der Waals surface area contributed by atoms with E-state index in [0.717, 1.165) is 0 Å². The smallest absolute Gasteiger partial charge is 0.225 e. The Labute approximate surface area is 89.9 Å². The average molecular weight is 263 g/mol. The van der Waals surface area contributed by atoms with E-state index in [4.69, 9.17) is 19.0 Å². The first-order valence-corrected chi connectivity index (χ1v) is 5.12. The summed E-state index contributed by atoms with van der Waals surface area (Å²) in [5.41, 5.74) is 0. The molecular weight excluding hydrogens is 252 g/mol. The fourth-order valence-electron chi connectivity index (χ4n) is 1.42. The first-order valence-electron chi connectivity index (χ1n) is 4.32. The first kappa shape index (κ1) is 10.2. The van der Waals surface area contributed by atoms with Gasteiger partial charge >= 0.3 is 0 Å². The maximum Gasteiger partial charge on any atom is 0.225 e. The van der Waals surface area contributed by atoms with Crippen molar-refractivity contribution in [1.29, 1.82) is 0 Å². The van der Waals surface area contributed by atoms with Crippen LogP contribution < -0.4 is 0 Å². The van der Waals surface area contributed by atoms with Crippen LogP contribution in [-0.2, 0) is 15.3 Å². The lowest BCUT2D eigenvalue weighted by Gasteiger charge is -2.19. The number of rotatable bonds is 2. The van der Waals surface area contributed by atoms with E-state index in [1.807, 2.05) is 0 Å². The van der Waals surface area contributed by atoms with Crippen LogP contribution in [0.1, 0.15) is 12.7 Å². The summed E-state index contributed by atoms with van der Waals surface area (Å²) < 4.78 is 16.9. The van der Waals surface area contributed by atoms with E-state index < -0.39 is 5.79 Å². The molecule has 0 aromatic carbocycles. The van der Waals surface area contributed by atoms with Gasteiger partial charge in [-0.2, -0.15) is 0 Å². The summed E-state index contributed by atoms with van der Waals surface area (Å²) in [5, 5.41) is 8.91. The fourth-order valence-corrected chi connectivity index (χ4v) is 1.72. The van der Waals surface area contributed by atoms with Gasteiger partial charge in [0.1, 0.15) is 6.10 Å². The quantitative estimate of drug-likeness (QED) is 0.880. The fraction of sp³-hybridized carbons (Fsp3) is 0.556. The summed E-state index contributed by atoms with van der Waals surface area (Å²) in [4.78, 5) is 0. The molecule has 5 heteroatoms. The van der Waals surface area contributed by atoms with Crippen molar-refractivity contribution < 1.29 is 19.0 Å². The van der Waals surface area contributed by atoms with Crippen LogP contribution in [0, 0.1) is 0 Å². The highest BCUT2D eigenvalue weighted by Crippen LogP contribution is 2.35. The zero-order valence-electron chi connectivity index (χ0n) is 7.70. The number of ether oxygens (including phenoxy) is 2. The van der Waals surface area contributed by atoms with Gasteiger partial charge in [0.15, 0.2) is 10.4 Å². The third-order valence-corrected chi connectivity index (χ3v) is 2.59. The molecule has 1 aliphatic heterocycles. The second-order valence-electron chi connectivity index (χ2n) is 3.28. The van der Waals surface area contributed by atoms with E-state index in [1.54, 1.807) is 19.1 Å². The number of hydrogen-bond donors (Lipinski definition) is 1. The summed E-state index contributed by atoms with van der Waals surface area (Å²) in [6.07, 6.45) is -0.274. The van der Waals surface area contributed by atoms with Crippen LogP contribution in [0.25, 0.3) is 0 Å². The van der Waals surface area contributed by atoms with Crippen LogP contribution >= 0.6 is 15.9 Å². The molecule has 2 atom stereocenters. The van der Waals surface area contributed by atoms with Crippen LogP contribution in [0.4, 0.5) is 0 Å². The zero-order valence-corrected chi connectivity index (χ0v) is 9.28. The lowest BCUT2D eigenvalue weighted by atomic mass is 10.2. The SMILES string of the molecule is CC1(c2ccc(Br)o2)OCC(CO)O1. The molecule has 2 unspecified atom stereocenters. The average Bonchev–Trinajstić information content (AvgIpc) is 2.73. The number of halogens is 1. The summed E-state index contributed by atoms with van der Waals surface area (Å²) in [6, 6.07) is 3.56. The summed E-state index contributed by atoms with van der Waals surface area (Å²) >= 11 is 3.21. The number of aliphatic hydroxyl groups excluding tert-OH is 1. The predicted octanol–water partition coefficient (Wildman–Crippen LogP) is 1.62. The van der Waals surface area contributed by atoms with Crippen molar-refractivity contribution in [2.45, 2.75) is 18.8 Å². The standard InChI is InChI=1S/C9H11BrO4/c1-9(7-2-3-8(10)13-7)12-5-6(4-11)14-9/h2-3,6,11H,4-5H2,1H3. The molecule has 1 aromatic heterocycles. The van der Waals surface area contributed by atoms with E-state index in [1.165, 1.54) is 0 Å². The third kappa shape index (κ3) is 1.72. The summed E-state index contributed by atoms with van der Waals surface area (Å²) in [7, 11) is 0. The van der Waals surface area contributed by atoms with Crippen molar-refractivity contribution in [1.82, 2.24) is 0 Å². The van der Waals surface area contributed by atoms with Gasteiger partial charge in [-0.1, -0.05) is 0 Å². The van der Waals surface area contributed by atoms with Crippen molar-refractivity contribution >= 4 is 15.9 Å². The summed E-state index contributed by atoms with van der Waals surface area (Å²) in [6.45, 7) is 2.11. The minimum atomic E-state index is -0.876. The van der Waals surface area contributed by atoms with Crippen molar-refractivity contribution in [3.05, 3.63) is 22.6 Å². The van der Waals surface area contributed by atoms with Gasteiger partial charge in [-0.15, -0.1) is 0 Å². The van der Waals surface area contributed by atoms with Gasteiger partial charge in [0.2, 0.25) is 5.79 Å². The Kier molecular flexibility index (Phi) is 2.66. The monoisotopic (exact) mass is 262 g/mol. The number of furan rings is 1. The second-order valence-corrected chi connectivity index (χ2v) is 4.06. The number of aliphatic hydroxyl groups is 1. The van der Waals surface area contributed by atoms with Gasteiger partial charge in [-0.25, -0.2) is 0 Å². The molecule has 78 valence electrons. The van der Waals surface area contributed by atoms with Crippen molar-refractivity contribution in [3.63, 3.8) is 0 Å². The van der Waals surface area contributed by atoms with E-state index >= 15 is 0 Å². The van der Waals surface area contributed by atoms with Crippen LogP contribution in [0.2, 0.25) is 0 Å². The largest absolute Gasteiger partial charge is 0.449 e. The number of hydrogen-bond acceptors (Lipinski definition) is 4. The Morgan fingerprint density at radius 2 is 2.43 bits per heavy atom. The molecule has 1 aromatic rings. The molecule has 1 fully saturated rings. The van der Waals surface area contributed by atoms with Crippen molar-refractivity contribution in [2.75, 3.05) is 13.2 Å². The van der Waals surface area contributed by atoms with Gasteiger partial charge in [0.25, 0.3) is 0 Å². The molecule has 14 heavy (non-hydrogen) atoms. The highest BCUT2D eigenvalue weighted by molar-refractivity contribution is 9.10. The molecule has 0 aliphatic carbocycles. The van der Waals surface area contributed by atoms with Crippen molar-refractivity contribution in [2.24, 2.45) is 0 Å². The minimum absolute atomic E-state index is 0.0442. The van der Waals surface area contributed by atoms with Gasteiger partial charge in [0.05, 0.1) is 13.2 Å². The molecule has 0 saturated carbocycles. The summed E-state index contributed by atoms with van der Waals surface area (Å²) in [5.74, 6) is -0.278. The lowest BCUT2D eigenvalue weighted by Crippen LogP contribution is -2.24. The Morgan fingerprint density at radius 3 is 2.93 bits per heavy atom. The Morgan fingerprint density at radius 1 is 1.64 bits per heavy atom. The highest BCUT2D eigenvalue weighted by Gasteiger charge is 2.41. The Bertz CT molecular complexity index is 324. The third-order valence-electron chi connectivity index (χ3n) is 2.16. The van der Waals surface area contributed by atoms with Crippen LogP contribution in [-0.4, -0.2) is 24.4 Å². The predicted molar refractivity (Wildman–Crippen MR) is 51.7 cm³/mol. The molecule has 1 N–H and O–H groups in total. The van der Waals surface area contributed by atoms with E-state index in [-0.39, 0.29) is 12.7 Å². The molecule has 0 bridgehead atoms. The van der Waals surface area contributed by atoms with Crippen LogP contribution in [0.3, 0.4) is 0 Å². The van der Waals surface area contributed by atoms with E-state index in [9.17, 15) is 0 Å². The maximum atomic E-state index is 8.91. The molecule has 1 saturated heterocycles. The van der Waals surface area contributed by atoms with Gasteiger partial charge in [-0.05, 0) is 35.0 Å². The first-order chi connectivity index (χ1) is 6.64. The Hall–Kier alpha value is -0.360. The molecule has 2 rings (SSSR count). The molecular formula is C9H11BrO4. The maximum absolute atomic E-state index is 8.91. The molecule has 1 aliphatic rings. The van der Waals surface area contributed by atoms with E-state index in [0.29, 0.717) is 17.0 Å². The molecule has 0 radical (unpaired) electrons. The van der Waals surface area contributed by atoms with Crippen LogP contribution in [0.15, 0.2) is 21.2 Å². The van der Waals surface area contributed by atoms with Crippen LogP contribution in [0.5, 0.6) is 0 Å². The second kappa shape index (κ2) is 3.66. The highest BCUT2D eigenvalue weighted by atomic mass is 79.9. The topological polar surface area (TPSA) is 51.8 Å². The molecule has 4 nitrogen and oxygen atoms in total. The molecule has 2 heterocycles. The zero-order chi connectivity index (χ0) is 10.2. The van der Waals surface area contributed by atoms with Gasteiger partial charge < -0.3 is 19.0 Å². The van der Waals surface area contributed by atoms with Gasteiger partial charge in [-0.3, -0.25) is 0 Å².